The summed E-state index contributed by atoms with van der Waals surface area (Å²) in [6.07, 6.45) is 1.66. The number of anilines is 1. The average molecular weight is 218 g/mol. The molecule has 78 valence electrons. The molecule has 14 heavy (non-hydrogen) atoms. The second kappa shape index (κ2) is 3.42. The van der Waals surface area contributed by atoms with E-state index in [0.29, 0.717) is 30.6 Å². The van der Waals surface area contributed by atoms with E-state index in [9.17, 15) is 5.11 Å². The standard InChI is InChI=1S/C8H12ClN3O2/c9-6-1-12(11-7(6)10)2-8(3-13)4-14-5-8/h1,13H,2-5H2,(H2,10,11). The van der Waals surface area contributed by atoms with Crippen molar-refractivity contribution in [3.05, 3.63) is 11.2 Å². The first-order chi connectivity index (χ1) is 6.65. The van der Waals surface area contributed by atoms with Crippen molar-refractivity contribution in [1.82, 2.24) is 9.78 Å². The summed E-state index contributed by atoms with van der Waals surface area (Å²) < 4.78 is 6.72. The van der Waals surface area contributed by atoms with Crippen molar-refractivity contribution >= 4 is 17.4 Å². The van der Waals surface area contributed by atoms with Crippen molar-refractivity contribution in [3.63, 3.8) is 0 Å². The maximum atomic E-state index is 9.19. The van der Waals surface area contributed by atoms with Crippen LogP contribution in [-0.4, -0.2) is 34.7 Å². The largest absolute Gasteiger partial charge is 0.396 e. The van der Waals surface area contributed by atoms with Crippen molar-refractivity contribution < 1.29 is 9.84 Å². The monoisotopic (exact) mass is 217 g/mol. The molecule has 0 aromatic carbocycles. The summed E-state index contributed by atoms with van der Waals surface area (Å²) in [6, 6.07) is 0. The van der Waals surface area contributed by atoms with Gasteiger partial charge in [-0.2, -0.15) is 5.10 Å². The summed E-state index contributed by atoms with van der Waals surface area (Å²) in [4.78, 5) is 0. The van der Waals surface area contributed by atoms with Crippen molar-refractivity contribution in [3.8, 4) is 0 Å². The van der Waals surface area contributed by atoms with E-state index in [1.54, 1.807) is 10.9 Å². The number of aromatic nitrogens is 2. The van der Waals surface area contributed by atoms with Crippen LogP contribution < -0.4 is 5.73 Å². The Hall–Kier alpha value is -0.780. The second-order valence-corrected chi connectivity index (χ2v) is 4.12. The lowest BCUT2D eigenvalue weighted by molar-refractivity contribution is -0.146. The highest BCUT2D eigenvalue weighted by atomic mass is 35.5. The summed E-state index contributed by atoms with van der Waals surface area (Å²) in [7, 11) is 0. The number of nitrogens with zero attached hydrogens (tertiary/aromatic N) is 2. The lowest BCUT2D eigenvalue weighted by atomic mass is 9.87. The highest BCUT2D eigenvalue weighted by molar-refractivity contribution is 6.32. The Balaban J connectivity index is 2.09. The summed E-state index contributed by atoms with van der Waals surface area (Å²) >= 11 is 5.76. The van der Waals surface area contributed by atoms with Gasteiger partial charge in [-0.15, -0.1) is 0 Å². The molecule has 6 heteroatoms. The van der Waals surface area contributed by atoms with Gasteiger partial charge in [-0.25, -0.2) is 0 Å². The molecular weight excluding hydrogens is 206 g/mol. The van der Waals surface area contributed by atoms with Gasteiger partial charge in [0, 0.05) is 6.20 Å². The van der Waals surface area contributed by atoms with Crippen LogP contribution in [0.3, 0.4) is 0 Å². The van der Waals surface area contributed by atoms with Crippen molar-refractivity contribution in [2.75, 3.05) is 25.6 Å². The number of rotatable bonds is 3. The number of aliphatic hydroxyl groups excluding tert-OH is 1. The minimum Gasteiger partial charge on any atom is -0.396 e. The first kappa shape index (κ1) is 9.76. The van der Waals surface area contributed by atoms with Crippen molar-refractivity contribution in [2.45, 2.75) is 6.54 Å². The van der Waals surface area contributed by atoms with Gasteiger partial charge < -0.3 is 15.6 Å². The number of hydrogen-bond donors (Lipinski definition) is 2. The van der Waals surface area contributed by atoms with Crippen LogP contribution in [0.5, 0.6) is 0 Å². The van der Waals surface area contributed by atoms with Gasteiger partial charge in [0.15, 0.2) is 5.82 Å². The third kappa shape index (κ3) is 1.58. The Labute approximate surface area is 86.4 Å². The van der Waals surface area contributed by atoms with Gasteiger partial charge in [0.25, 0.3) is 0 Å². The third-order valence-corrected chi connectivity index (χ3v) is 2.68. The topological polar surface area (TPSA) is 73.3 Å². The molecule has 0 saturated carbocycles. The van der Waals surface area contributed by atoms with Gasteiger partial charge in [0.05, 0.1) is 31.8 Å². The van der Waals surface area contributed by atoms with Crippen LogP contribution in [0.4, 0.5) is 5.82 Å². The summed E-state index contributed by atoms with van der Waals surface area (Å²) in [5.41, 5.74) is 5.30. The quantitative estimate of drug-likeness (QED) is 0.755. The molecule has 1 saturated heterocycles. The van der Waals surface area contributed by atoms with Crippen LogP contribution in [0, 0.1) is 5.41 Å². The van der Waals surface area contributed by atoms with E-state index >= 15 is 0 Å². The normalized spacial score (nSPS) is 19.3. The Bertz CT molecular complexity index is 310. The van der Waals surface area contributed by atoms with E-state index in [1.165, 1.54) is 0 Å². The van der Waals surface area contributed by atoms with Gasteiger partial charge >= 0.3 is 0 Å². The van der Waals surface area contributed by atoms with Gasteiger partial charge in [0.1, 0.15) is 5.02 Å². The van der Waals surface area contributed by atoms with Crippen LogP contribution in [0.2, 0.25) is 5.02 Å². The molecule has 3 N–H and O–H groups in total. The molecule has 1 fully saturated rings. The molecular formula is C8H12ClN3O2. The van der Waals surface area contributed by atoms with E-state index in [1.807, 2.05) is 0 Å². The third-order valence-electron chi connectivity index (χ3n) is 2.39. The van der Waals surface area contributed by atoms with Crippen LogP contribution in [0.25, 0.3) is 0 Å². The number of nitrogens with two attached hydrogens (primary N) is 1. The number of nitrogen functional groups attached to an aromatic ring is 1. The molecule has 1 aliphatic rings. The molecule has 2 heterocycles. The number of halogens is 1. The minimum absolute atomic E-state index is 0.0877. The molecule has 0 amide bonds. The molecule has 0 unspecified atom stereocenters. The fourth-order valence-electron chi connectivity index (χ4n) is 1.46. The maximum absolute atomic E-state index is 9.19. The summed E-state index contributed by atoms with van der Waals surface area (Å²) in [5, 5.41) is 13.7. The van der Waals surface area contributed by atoms with Gasteiger partial charge in [-0.05, 0) is 0 Å². The fraction of sp³-hybridized carbons (Fsp3) is 0.625. The number of hydrogen-bond acceptors (Lipinski definition) is 4. The predicted octanol–water partition coefficient (Wildman–Crippen LogP) is 0.128. The minimum atomic E-state index is -0.207. The van der Waals surface area contributed by atoms with E-state index in [2.05, 4.69) is 5.10 Å². The van der Waals surface area contributed by atoms with Gasteiger partial charge in [-0.1, -0.05) is 11.6 Å². The van der Waals surface area contributed by atoms with Gasteiger partial charge in [0.2, 0.25) is 0 Å². The Kier molecular flexibility index (Phi) is 2.38. The van der Waals surface area contributed by atoms with E-state index in [4.69, 9.17) is 22.1 Å². The molecule has 0 aliphatic carbocycles. The summed E-state index contributed by atoms with van der Waals surface area (Å²) in [5.74, 6) is 0.319. The lowest BCUT2D eigenvalue weighted by Crippen LogP contribution is -2.48. The molecule has 0 spiro atoms. The van der Waals surface area contributed by atoms with Crippen molar-refractivity contribution in [2.24, 2.45) is 5.41 Å². The zero-order valence-electron chi connectivity index (χ0n) is 7.61. The first-order valence-corrected chi connectivity index (χ1v) is 4.70. The number of aliphatic hydroxyl groups is 1. The highest BCUT2D eigenvalue weighted by Crippen LogP contribution is 2.29. The van der Waals surface area contributed by atoms with E-state index in [0.717, 1.165) is 0 Å². The van der Waals surface area contributed by atoms with E-state index < -0.39 is 0 Å². The predicted molar refractivity (Wildman–Crippen MR) is 52.0 cm³/mol. The van der Waals surface area contributed by atoms with Crippen LogP contribution in [-0.2, 0) is 11.3 Å². The zero-order chi connectivity index (χ0) is 10.2. The lowest BCUT2D eigenvalue weighted by Gasteiger charge is -2.39. The molecule has 1 aromatic rings. The average Bonchev–Trinajstić information content (AvgIpc) is 2.39. The zero-order valence-corrected chi connectivity index (χ0v) is 8.37. The molecule has 0 bridgehead atoms. The smallest absolute Gasteiger partial charge is 0.164 e. The molecule has 1 aliphatic heterocycles. The SMILES string of the molecule is Nc1nn(CC2(CO)COC2)cc1Cl. The van der Waals surface area contributed by atoms with Crippen LogP contribution in [0.15, 0.2) is 6.20 Å². The summed E-state index contributed by atoms with van der Waals surface area (Å²) in [6.45, 7) is 1.78. The number of ether oxygens (including phenoxy) is 1. The Morgan fingerprint density at radius 3 is 2.79 bits per heavy atom. The molecule has 5 nitrogen and oxygen atoms in total. The fourth-order valence-corrected chi connectivity index (χ4v) is 1.61. The second-order valence-electron chi connectivity index (χ2n) is 3.71. The molecule has 1 aromatic heterocycles. The molecule has 0 atom stereocenters. The first-order valence-electron chi connectivity index (χ1n) is 4.32. The van der Waals surface area contributed by atoms with Crippen molar-refractivity contribution in [1.29, 1.82) is 0 Å². The highest BCUT2D eigenvalue weighted by Gasteiger charge is 2.38. The van der Waals surface area contributed by atoms with E-state index in [-0.39, 0.29) is 12.0 Å². The van der Waals surface area contributed by atoms with Gasteiger partial charge in [-0.3, -0.25) is 4.68 Å². The maximum Gasteiger partial charge on any atom is 0.164 e. The van der Waals surface area contributed by atoms with Crippen LogP contribution >= 0.6 is 11.6 Å². The Morgan fingerprint density at radius 2 is 2.43 bits per heavy atom. The molecule has 0 radical (unpaired) electrons. The Morgan fingerprint density at radius 1 is 1.71 bits per heavy atom. The molecule has 2 rings (SSSR count). The van der Waals surface area contributed by atoms with Crippen LogP contribution in [0.1, 0.15) is 0 Å².